The highest BCUT2D eigenvalue weighted by Crippen LogP contribution is 2.41. The van der Waals surface area contributed by atoms with E-state index in [-0.39, 0.29) is 11.5 Å². The van der Waals surface area contributed by atoms with Gasteiger partial charge in [-0.05, 0) is 61.0 Å². The van der Waals surface area contributed by atoms with Crippen LogP contribution >= 0.6 is 0 Å². The van der Waals surface area contributed by atoms with Crippen molar-refractivity contribution in [2.45, 2.75) is 89.9 Å². The van der Waals surface area contributed by atoms with E-state index >= 15 is 0 Å². The van der Waals surface area contributed by atoms with E-state index in [4.69, 9.17) is 5.26 Å². The Kier molecular flexibility index (Phi) is 7.27. The topological polar surface area (TPSA) is 23.8 Å². The van der Waals surface area contributed by atoms with Crippen LogP contribution in [0.4, 0.5) is 8.78 Å². The van der Waals surface area contributed by atoms with Crippen LogP contribution in [0.15, 0.2) is 12.1 Å². The summed E-state index contributed by atoms with van der Waals surface area (Å²) in [6, 6.07) is 4.76. The molecule has 0 heterocycles. The number of hydrogen-bond donors (Lipinski definition) is 0. The van der Waals surface area contributed by atoms with Crippen LogP contribution in [0.5, 0.6) is 0 Å². The van der Waals surface area contributed by atoms with Crippen LogP contribution in [0.25, 0.3) is 0 Å². The molecule has 1 aromatic rings. The standard InChI is InChI=1S/C24H33F2N/c1-2-3-17-4-6-18(7-5-17)8-9-19-10-12-20(13-11-19)22-15-14-21(16-27)23(25)24(22)26/h14-15,17-20H,2-13H2,1H3/t17-,18-,19-,20-. The van der Waals surface area contributed by atoms with Gasteiger partial charge in [0.15, 0.2) is 11.6 Å². The minimum absolute atomic E-state index is 0.105. The smallest absolute Gasteiger partial charge is 0.176 e. The Balaban J connectivity index is 1.43. The third-order valence-corrected chi connectivity index (χ3v) is 7.17. The maximum atomic E-state index is 14.3. The van der Waals surface area contributed by atoms with Crippen molar-refractivity contribution in [2.24, 2.45) is 17.8 Å². The zero-order valence-corrected chi connectivity index (χ0v) is 16.7. The van der Waals surface area contributed by atoms with Gasteiger partial charge in [0.2, 0.25) is 0 Å². The lowest BCUT2D eigenvalue weighted by Gasteiger charge is -2.32. The monoisotopic (exact) mass is 373 g/mol. The molecule has 0 N–H and O–H groups in total. The van der Waals surface area contributed by atoms with Crippen molar-refractivity contribution < 1.29 is 8.78 Å². The van der Waals surface area contributed by atoms with Crippen molar-refractivity contribution in [3.05, 3.63) is 34.9 Å². The first-order chi connectivity index (χ1) is 13.1. The Bertz CT molecular complexity index is 647. The summed E-state index contributed by atoms with van der Waals surface area (Å²) in [5, 5.41) is 8.83. The molecule has 0 radical (unpaired) electrons. The summed E-state index contributed by atoms with van der Waals surface area (Å²) in [6.45, 7) is 2.29. The second-order valence-corrected chi connectivity index (χ2v) is 8.91. The predicted octanol–water partition coefficient (Wildman–Crippen LogP) is 7.50. The SMILES string of the molecule is CCC[C@H]1CC[C@H](CC[C@H]2CC[C@H](c3ccc(C#N)c(F)c3F)CC2)CC1. The molecule has 2 saturated carbocycles. The van der Waals surface area contributed by atoms with Gasteiger partial charge in [0.05, 0.1) is 5.56 Å². The van der Waals surface area contributed by atoms with Crippen molar-refractivity contribution in [3.8, 4) is 6.07 Å². The molecule has 0 amide bonds. The van der Waals surface area contributed by atoms with Gasteiger partial charge in [0, 0.05) is 0 Å². The number of nitriles is 1. The van der Waals surface area contributed by atoms with E-state index in [1.165, 1.54) is 57.4 Å². The number of benzene rings is 1. The van der Waals surface area contributed by atoms with Crippen LogP contribution in [-0.2, 0) is 0 Å². The van der Waals surface area contributed by atoms with Crippen molar-refractivity contribution in [2.75, 3.05) is 0 Å². The second kappa shape index (κ2) is 9.67. The Labute approximate surface area is 163 Å². The van der Waals surface area contributed by atoms with E-state index in [0.717, 1.165) is 43.4 Å². The maximum absolute atomic E-state index is 14.3. The molecule has 0 bridgehead atoms. The third-order valence-electron chi connectivity index (χ3n) is 7.17. The molecule has 3 rings (SSSR count). The molecule has 1 aromatic carbocycles. The highest BCUT2D eigenvalue weighted by molar-refractivity contribution is 5.36. The van der Waals surface area contributed by atoms with Crippen LogP contribution in [0.1, 0.15) is 101 Å². The molecule has 0 saturated heterocycles. The van der Waals surface area contributed by atoms with Gasteiger partial charge in [-0.3, -0.25) is 0 Å². The van der Waals surface area contributed by atoms with Gasteiger partial charge in [-0.1, -0.05) is 64.4 Å². The fourth-order valence-electron chi connectivity index (χ4n) is 5.42. The van der Waals surface area contributed by atoms with Crippen molar-refractivity contribution in [3.63, 3.8) is 0 Å². The van der Waals surface area contributed by atoms with Crippen LogP contribution in [0.2, 0.25) is 0 Å². The molecule has 0 unspecified atom stereocenters. The number of rotatable bonds is 6. The lowest BCUT2D eigenvalue weighted by atomic mass is 9.74. The lowest BCUT2D eigenvalue weighted by molar-refractivity contribution is 0.223. The molecule has 2 aliphatic rings. The summed E-state index contributed by atoms with van der Waals surface area (Å²) in [4.78, 5) is 0. The van der Waals surface area contributed by atoms with Gasteiger partial charge < -0.3 is 0 Å². The van der Waals surface area contributed by atoms with Crippen LogP contribution < -0.4 is 0 Å². The minimum Gasteiger partial charge on any atom is -0.203 e. The normalized spacial score (nSPS) is 28.7. The highest BCUT2D eigenvalue weighted by Gasteiger charge is 2.27. The average Bonchev–Trinajstić information content (AvgIpc) is 2.70. The van der Waals surface area contributed by atoms with Gasteiger partial charge in [0.1, 0.15) is 6.07 Å². The molecule has 0 spiro atoms. The van der Waals surface area contributed by atoms with E-state index in [9.17, 15) is 8.78 Å². The Morgan fingerprint density at radius 2 is 1.33 bits per heavy atom. The van der Waals surface area contributed by atoms with Gasteiger partial charge in [0.25, 0.3) is 0 Å². The van der Waals surface area contributed by atoms with Crippen LogP contribution in [0, 0.1) is 40.7 Å². The van der Waals surface area contributed by atoms with Gasteiger partial charge in [-0.2, -0.15) is 5.26 Å². The molecular weight excluding hydrogens is 340 g/mol. The lowest BCUT2D eigenvalue weighted by Crippen LogP contribution is -2.18. The molecule has 2 aliphatic carbocycles. The summed E-state index contributed by atoms with van der Waals surface area (Å²) >= 11 is 0. The molecule has 0 aliphatic heterocycles. The van der Waals surface area contributed by atoms with E-state index < -0.39 is 11.6 Å². The first-order valence-corrected chi connectivity index (χ1v) is 11.0. The zero-order chi connectivity index (χ0) is 19.2. The van der Waals surface area contributed by atoms with Gasteiger partial charge >= 0.3 is 0 Å². The average molecular weight is 374 g/mol. The molecule has 2 fully saturated rings. The van der Waals surface area contributed by atoms with Crippen molar-refractivity contribution in [1.82, 2.24) is 0 Å². The molecule has 148 valence electrons. The maximum Gasteiger partial charge on any atom is 0.176 e. The van der Waals surface area contributed by atoms with E-state index in [1.807, 2.05) is 0 Å². The highest BCUT2D eigenvalue weighted by atomic mass is 19.2. The minimum atomic E-state index is -0.976. The largest absolute Gasteiger partial charge is 0.203 e. The molecule has 27 heavy (non-hydrogen) atoms. The predicted molar refractivity (Wildman–Crippen MR) is 105 cm³/mol. The van der Waals surface area contributed by atoms with Gasteiger partial charge in [-0.15, -0.1) is 0 Å². The molecular formula is C24H33F2N. The summed E-state index contributed by atoms with van der Waals surface area (Å²) in [7, 11) is 0. The fraction of sp³-hybridized carbons (Fsp3) is 0.708. The molecule has 1 nitrogen and oxygen atoms in total. The number of halogens is 2. The number of hydrogen-bond acceptors (Lipinski definition) is 1. The van der Waals surface area contributed by atoms with E-state index in [2.05, 4.69) is 6.92 Å². The molecule has 3 heteroatoms. The summed E-state index contributed by atoms with van der Waals surface area (Å²) in [5.41, 5.74) is 0.276. The number of nitrogens with zero attached hydrogens (tertiary/aromatic N) is 1. The van der Waals surface area contributed by atoms with Gasteiger partial charge in [-0.25, -0.2) is 8.78 Å². The third kappa shape index (κ3) is 5.09. The Hall–Kier alpha value is -1.43. The van der Waals surface area contributed by atoms with Crippen LogP contribution in [-0.4, -0.2) is 0 Å². The first kappa shape index (κ1) is 20.3. The summed E-state index contributed by atoms with van der Waals surface area (Å²) in [6.07, 6.45) is 15.2. The van der Waals surface area contributed by atoms with Crippen molar-refractivity contribution in [1.29, 1.82) is 5.26 Å². The summed E-state index contributed by atoms with van der Waals surface area (Å²) in [5.74, 6) is 0.969. The quantitative estimate of drug-likeness (QED) is 0.506. The zero-order valence-electron chi connectivity index (χ0n) is 16.7. The first-order valence-electron chi connectivity index (χ1n) is 11.0. The molecule has 0 atom stereocenters. The fourth-order valence-corrected chi connectivity index (χ4v) is 5.42. The van der Waals surface area contributed by atoms with Crippen LogP contribution in [0.3, 0.4) is 0 Å². The van der Waals surface area contributed by atoms with E-state index in [0.29, 0.717) is 5.56 Å². The Morgan fingerprint density at radius 3 is 1.85 bits per heavy atom. The van der Waals surface area contributed by atoms with Crippen molar-refractivity contribution >= 4 is 0 Å². The molecule has 0 aromatic heterocycles. The Morgan fingerprint density at radius 1 is 0.815 bits per heavy atom. The summed E-state index contributed by atoms with van der Waals surface area (Å²) < 4.78 is 28.2. The second-order valence-electron chi connectivity index (χ2n) is 8.91. The van der Waals surface area contributed by atoms with E-state index in [1.54, 1.807) is 12.1 Å².